The predicted octanol–water partition coefficient (Wildman–Crippen LogP) is 2.25. The van der Waals surface area contributed by atoms with E-state index in [0.717, 1.165) is 6.07 Å². The van der Waals surface area contributed by atoms with Gasteiger partial charge in [0.05, 0.1) is 18.9 Å². The number of anilines is 1. The summed E-state index contributed by atoms with van der Waals surface area (Å²) in [4.78, 5) is 1.58. The molecule has 3 nitrogen and oxygen atoms in total. The van der Waals surface area contributed by atoms with Crippen LogP contribution in [-0.4, -0.2) is 31.4 Å². The summed E-state index contributed by atoms with van der Waals surface area (Å²) < 4.78 is 43.6. The Bertz CT molecular complexity index is 400. The molecule has 1 saturated heterocycles. The number of halogens is 3. The lowest BCUT2D eigenvalue weighted by molar-refractivity contribution is -0.138. The first-order valence-electron chi connectivity index (χ1n) is 5.22. The normalized spacial score (nSPS) is 17.2. The number of phenols is 1. The number of morpholine rings is 1. The topological polar surface area (TPSA) is 32.7 Å². The van der Waals surface area contributed by atoms with Crippen LogP contribution in [0.5, 0.6) is 5.75 Å². The summed E-state index contributed by atoms with van der Waals surface area (Å²) in [6, 6.07) is 3.83. The van der Waals surface area contributed by atoms with E-state index in [-0.39, 0.29) is 5.69 Å². The lowest BCUT2D eigenvalue weighted by Crippen LogP contribution is -2.37. The monoisotopic (exact) mass is 247 g/mol. The maximum absolute atomic E-state index is 12.8. The van der Waals surface area contributed by atoms with E-state index in [1.807, 2.05) is 0 Å². The van der Waals surface area contributed by atoms with Crippen molar-refractivity contribution in [1.29, 1.82) is 0 Å². The molecular formula is C11H12F3NO2. The summed E-state index contributed by atoms with van der Waals surface area (Å²) in [5, 5.41) is 9.38. The zero-order chi connectivity index (χ0) is 12.5. The van der Waals surface area contributed by atoms with Gasteiger partial charge in [-0.15, -0.1) is 0 Å². The van der Waals surface area contributed by atoms with E-state index >= 15 is 0 Å². The van der Waals surface area contributed by atoms with Crippen LogP contribution in [0.3, 0.4) is 0 Å². The highest BCUT2D eigenvalue weighted by Gasteiger charge is 2.38. The summed E-state index contributed by atoms with van der Waals surface area (Å²) in [7, 11) is 0. The van der Waals surface area contributed by atoms with E-state index in [2.05, 4.69) is 0 Å². The van der Waals surface area contributed by atoms with Crippen LogP contribution in [0.15, 0.2) is 18.2 Å². The van der Waals surface area contributed by atoms with Crippen LogP contribution in [0.25, 0.3) is 0 Å². The number of rotatable bonds is 1. The van der Waals surface area contributed by atoms with E-state index < -0.39 is 17.5 Å². The first kappa shape index (κ1) is 12.0. The average molecular weight is 247 g/mol. The van der Waals surface area contributed by atoms with Crippen LogP contribution >= 0.6 is 0 Å². The largest absolute Gasteiger partial charge is 0.507 e. The molecule has 0 spiro atoms. The second kappa shape index (κ2) is 4.44. The molecule has 17 heavy (non-hydrogen) atoms. The van der Waals surface area contributed by atoms with Gasteiger partial charge < -0.3 is 14.7 Å². The molecule has 1 N–H and O–H groups in total. The molecule has 1 aliphatic heterocycles. The van der Waals surface area contributed by atoms with Gasteiger partial charge in [0, 0.05) is 13.1 Å². The van der Waals surface area contributed by atoms with Gasteiger partial charge in [0.15, 0.2) is 0 Å². The van der Waals surface area contributed by atoms with Crippen molar-refractivity contribution < 1.29 is 23.0 Å². The predicted molar refractivity (Wildman–Crippen MR) is 56.1 cm³/mol. The summed E-state index contributed by atoms with van der Waals surface area (Å²) in [6.45, 7) is 1.58. The minimum absolute atomic E-state index is 0.0146. The van der Waals surface area contributed by atoms with Crippen molar-refractivity contribution >= 4 is 5.69 Å². The van der Waals surface area contributed by atoms with Crippen molar-refractivity contribution in [2.75, 3.05) is 31.2 Å². The maximum atomic E-state index is 12.8. The fourth-order valence-corrected chi connectivity index (χ4v) is 1.89. The quantitative estimate of drug-likeness (QED) is 0.826. The van der Waals surface area contributed by atoms with Gasteiger partial charge in [-0.25, -0.2) is 0 Å². The molecule has 0 amide bonds. The van der Waals surface area contributed by atoms with Gasteiger partial charge in [0.1, 0.15) is 11.3 Å². The molecule has 0 atom stereocenters. The van der Waals surface area contributed by atoms with Crippen LogP contribution in [0, 0.1) is 0 Å². The zero-order valence-electron chi connectivity index (χ0n) is 9.00. The van der Waals surface area contributed by atoms with Crippen molar-refractivity contribution in [3.05, 3.63) is 23.8 Å². The Kier molecular flexibility index (Phi) is 3.15. The molecule has 1 aromatic rings. The minimum atomic E-state index is -4.56. The number of phenolic OH excluding ortho intramolecular Hbond substituents is 1. The maximum Gasteiger partial charge on any atom is 0.421 e. The van der Waals surface area contributed by atoms with Gasteiger partial charge in [0.2, 0.25) is 0 Å². The Morgan fingerprint density at radius 3 is 2.41 bits per heavy atom. The van der Waals surface area contributed by atoms with E-state index in [0.29, 0.717) is 26.3 Å². The third-order valence-corrected chi connectivity index (χ3v) is 2.66. The Morgan fingerprint density at radius 1 is 1.18 bits per heavy atom. The van der Waals surface area contributed by atoms with Gasteiger partial charge in [-0.2, -0.15) is 13.2 Å². The number of aromatic hydroxyl groups is 1. The van der Waals surface area contributed by atoms with Crippen molar-refractivity contribution in [2.45, 2.75) is 6.18 Å². The van der Waals surface area contributed by atoms with E-state index in [9.17, 15) is 18.3 Å². The summed E-state index contributed by atoms with van der Waals surface area (Å²) >= 11 is 0. The highest BCUT2D eigenvalue weighted by molar-refractivity contribution is 5.60. The van der Waals surface area contributed by atoms with E-state index in [1.54, 1.807) is 4.90 Å². The zero-order valence-corrected chi connectivity index (χ0v) is 9.00. The number of benzene rings is 1. The van der Waals surface area contributed by atoms with Crippen molar-refractivity contribution in [3.63, 3.8) is 0 Å². The van der Waals surface area contributed by atoms with Gasteiger partial charge in [-0.3, -0.25) is 0 Å². The molecule has 0 radical (unpaired) electrons. The molecule has 1 aliphatic rings. The number of alkyl halides is 3. The lowest BCUT2D eigenvalue weighted by Gasteiger charge is -2.31. The summed E-state index contributed by atoms with van der Waals surface area (Å²) in [6.07, 6.45) is -4.56. The first-order valence-corrected chi connectivity index (χ1v) is 5.22. The highest BCUT2D eigenvalue weighted by Crippen LogP contribution is 2.42. The fourth-order valence-electron chi connectivity index (χ4n) is 1.89. The van der Waals surface area contributed by atoms with Gasteiger partial charge in [-0.05, 0) is 12.1 Å². The van der Waals surface area contributed by atoms with Gasteiger partial charge >= 0.3 is 6.18 Å². The number of hydrogen-bond donors (Lipinski definition) is 1. The summed E-state index contributed by atoms with van der Waals surface area (Å²) in [5.41, 5.74) is -0.956. The average Bonchev–Trinajstić information content (AvgIpc) is 2.28. The molecule has 0 saturated carbocycles. The highest BCUT2D eigenvalue weighted by atomic mass is 19.4. The summed E-state index contributed by atoms with van der Waals surface area (Å²) in [5.74, 6) is -0.735. The third kappa shape index (κ3) is 2.46. The number of hydrogen-bond acceptors (Lipinski definition) is 3. The van der Waals surface area contributed by atoms with Gasteiger partial charge in [-0.1, -0.05) is 6.07 Å². The van der Waals surface area contributed by atoms with Crippen LogP contribution in [-0.2, 0) is 10.9 Å². The first-order chi connectivity index (χ1) is 8.00. The number of ether oxygens (including phenoxy) is 1. The molecule has 0 unspecified atom stereocenters. The van der Waals surface area contributed by atoms with Crippen LogP contribution in [0.2, 0.25) is 0 Å². The van der Waals surface area contributed by atoms with Crippen molar-refractivity contribution in [1.82, 2.24) is 0 Å². The second-order valence-corrected chi connectivity index (χ2v) is 3.77. The molecular weight excluding hydrogens is 235 g/mol. The van der Waals surface area contributed by atoms with Crippen molar-refractivity contribution in [2.24, 2.45) is 0 Å². The SMILES string of the molecule is Oc1cccc(N2CCOCC2)c1C(F)(F)F. The third-order valence-electron chi connectivity index (χ3n) is 2.66. The molecule has 1 aromatic carbocycles. The molecule has 94 valence electrons. The van der Waals surface area contributed by atoms with Crippen molar-refractivity contribution in [3.8, 4) is 5.75 Å². The Hall–Kier alpha value is -1.43. The minimum Gasteiger partial charge on any atom is -0.507 e. The van der Waals surface area contributed by atoms with Crippen LogP contribution in [0.4, 0.5) is 18.9 Å². The molecule has 1 fully saturated rings. The van der Waals surface area contributed by atoms with E-state index in [1.165, 1.54) is 12.1 Å². The van der Waals surface area contributed by atoms with Crippen LogP contribution < -0.4 is 4.90 Å². The molecule has 0 aromatic heterocycles. The smallest absolute Gasteiger partial charge is 0.421 e. The number of nitrogens with zero attached hydrogens (tertiary/aromatic N) is 1. The van der Waals surface area contributed by atoms with Gasteiger partial charge in [0.25, 0.3) is 0 Å². The molecule has 1 heterocycles. The standard InChI is InChI=1S/C11H12F3NO2/c12-11(13,14)10-8(2-1-3-9(10)16)15-4-6-17-7-5-15/h1-3,16H,4-7H2. The Morgan fingerprint density at radius 2 is 1.82 bits per heavy atom. The Balaban J connectivity index is 2.42. The molecule has 2 rings (SSSR count). The fraction of sp³-hybridized carbons (Fsp3) is 0.455. The van der Waals surface area contributed by atoms with E-state index in [4.69, 9.17) is 4.74 Å². The second-order valence-electron chi connectivity index (χ2n) is 3.77. The molecule has 6 heteroatoms. The molecule has 0 bridgehead atoms. The molecule has 0 aliphatic carbocycles. The Labute approximate surface area is 96.4 Å². The van der Waals surface area contributed by atoms with Crippen LogP contribution in [0.1, 0.15) is 5.56 Å². The lowest BCUT2D eigenvalue weighted by atomic mass is 10.1.